The van der Waals surface area contributed by atoms with E-state index in [0.717, 1.165) is 40.3 Å². The van der Waals surface area contributed by atoms with Crippen LogP contribution in [-0.2, 0) is 6.54 Å². The molecule has 28 heavy (non-hydrogen) atoms. The van der Waals surface area contributed by atoms with Crippen molar-refractivity contribution in [3.63, 3.8) is 0 Å². The van der Waals surface area contributed by atoms with Gasteiger partial charge in [-0.15, -0.1) is 0 Å². The van der Waals surface area contributed by atoms with Crippen molar-refractivity contribution in [1.82, 2.24) is 25.3 Å². The minimum atomic E-state index is 0.602. The van der Waals surface area contributed by atoms with Crippen LogP contribution >= 0.6 is 0 Å². The third kappa shape index (κ3) is 3.80. The zero-order valence-corrected chi connectivity index (χ0v) is 17.0. The molecule has 0 saturated heterocycles. The second kappa shape index (κ2) is 8.15. The van der Waals surface area contributed by atoms with E-state index in [1.54, 1.807) is 0 Å². The van der Waals surface area contributed by atoms with Crippen molar-refractivity contribution >= 4 is 22.1 Å². The number of nitrogens with zero attached hydrogens (tertiary/aromatic N) is 2. The van der Waals surface area contributed by atoms with Gasteiger partial charge in [0.2, 0.25) is 0 Å². The molecule has 0 saturated carbocycles. The Morgan fingerprint density at radius 2 is 2.00 bits per heavy atom. The molecule has 3 N–H and O–H groups in total. The number of benzene rings is 1. The Balaban J connectivity index is 1.58. The van der Waals surface area contributed by atoms with Gasteiger partial charge in [-0.2, -0.15) is 0 Å². The topological polar surface area (TPSA) is 69.4 Å². The van der Waals surface area contributed by atoms with Crippen molar-refractivity contribution in [3.05, 3.63) is 47.9 Å². The fraction of sp³-hybridized carbons (Fsp3) is 0.391. The molecule has 0 aliphatic carbocycles. The highest BCUT2D eigenvalue weighted by Crippen LogP contribution is 2.29. The molecule has 0 radical (unpaired) electrons. The summed E-state index contributed by atoms with van der Waals surface area (Å²) in [6.07, 6.45) is 6.81. The molecule has 5 heteroatoms. The Labute approximate surface area is 166 Å². The Kier molecular flexibility index (Phi) is 5.44. The predicted molar refractivity (Wildman–Crippen MR) is 116 cm³/mol. The second-order valence-corrected chi connectivity index (χ2v) is 7.61. The van der Waals surface area contributed by atoms with Crippen LogP contribution in [0, 0.1) is 6.92 Å². The first-order valence-corrected chi connectivity index (χ1v) is 10.3. The Morgan fingerprint density at radius 3 is 2.82 bits per heavy atom. The third-order valence-electron chi connectivity index (χ3n) is 5.47. The Bertz CT molecular complexity index is 1080. The van der Waals surface area contributed by atoms with Gasteiger partial charge in [-0.1, -0.05) is 32.8 Å². The molecule has 0 bridgehead atoms. The zero-order chi connectivity index (χ0) is 19.5. The van der Waals surface area contributed by atoms with Crippen molar-refractivity contribution in [3.8, 4) is 11.3 Å². The average molecular weight is 376 g/mol. The summed E-state index contributed by atoms with van der Waals surface area (Å²) in [6.45, 7) is 7.39. The average Bonchev–Trinajstić information content (AvgIpc) is 3.29. The number of hydrogen-bond donors (Lipinski definition) is 3. The number of fused-ring (bicyclic) bond motifs is 2. The van der Waals surface area contributed by atoms with Gasteiger partial charge in [-0.3, -0.25) is 0 Å². The number of rotatable bonds is 8. The van der Waals surface area contributed by atoms with E-state index in [4.69, 9.17) is 0 Å². The van der Waals surface area contributed by atoms with Crippen LogP contribution in [0.5, 0.6) is 0 Å². The molecule has 0 amide bonds. The highest BCUT2D eigenvalue weighted by atomic mass is 15.0. The van der Waals surface area contributed by atoms with Crippen molar-refractivity contribution in [2.24, 2.45) is 0 Å². The summed E-state index contributed by atoms with van der Waals surface area (Å²) in [4.78, 5) is 15.8. The summed E-state index contributed by atoms with van der Waals surface area (Å²) in [7, 11) is 0. The molecule has 3 heterocycles. The first-order valence-electron chi connectivity index (χ1n) is 10.3. The van der Waals surface area contributed by atoms with Crippen LogP contribution < -0.4 is 5.32 Å². The standard InChI is InChI=1S/C23H29N5/c1-4-6-7-18(5-2)25-14-16-8-9-20-17(12-16)13-21(28-20)19-10-11-24-23-22(19)26-15(3)27-23/h8-13,18,25,28H,4-7,14H2,1-3H3,(H,24,26,27). The van der Waals surface area contributed by atoms with Gasteiger partial charge in [0.1, 0.15) is 11.3 Å². The number of aromatic amines is 2. The lowest BCUT2D eigenvalue weighted by Crippen LogP contribution is -2.27. The third-order valence-corrected chi connectivity index (χ3v) is 5.47. The largest absolute Gasteiger partial charge is 0.354 e. The van der Waals surface area contributed by atoms with Gasteiger partial charge in [0.25, 0.3) is 0 Å². The maximum atomic E-state index is 4.61. The molecular formula is C23H29N5. The summed E-state index contributed by atoms with van der Waals surface area (Å²) < 4.78 is 0. The molecular weight excluding hydrogens is 346 g/mol. The summed E-state index contributed by atoms with van der Waals surface area (Å²) >= 11 is 0. The zero-order valence-electron chi connectivity index (χ0n) is 17.0. The molecule has 146 valence electrons. The number of aryl methyl sites for hydroxylation is 1. The fourth-order valence-corrected chi connectivity index (χ4v) is 3.84. The van der Waals surface area contributed by atoms with E-state index in [0.29, 0.717) is 6.04 Å². The molecule has 4 rings (SSSR count). The lowest BCUT2D eigenvalue weighted by molar-refractivity contribution is 0.452. The number of pyridine rings is 1. The van der Waals surface area contributed by atoms with Crippen LogP contribution in [0.2, 0.25) is 0 Å². The van der Waals surface area contributed by atoms with E-state index in [9.17, 15) is 0 Å². The first-order chi connectivity index (χ1) is 13.7. The minimum Gasteiger partial charge on any atom is -0.354 e. The Hall–Kier alpha value is -2.66. The number of H-pyrrole nitrogens is 2. The van der Waals surface area contributed by atoms with Crippen LogP contribution in [0.3, 0.4) is 0 Å². The van der Waals surface area contributed by atoms with Crippen LogP contribution in [0.25, 0.3) is 33.3 Å². The summed E-state index contributed by atoms with van der Waals surface area (Å²) in [6, 6.07) is 11.5. The highest BCUT2D eigenvalue weighted by Gasteiger charge is 2.12. The quantitative estimate of drug-likeness (QED) is 0.382. The van der Waals surface area contributed by atoms with Gasteiger partial charge in [-0.25, -0.2) is 9.97 Å². The van der Waals surface area contributed by atoms with E-state index in [2.05, 4.69) is 63.4 Å². The van der Waals surface area contributed by atoms with Crippen LogP contribution in [0.4, 0.5) is 0 Å². The maximum Gasteiger partial charge on any atom is 0.158 e. The first kappa shape index (κ1) is 18.7. The molecule has 4 aromatic rings. The maximum absolute atomic E-state index is 4.61. The molecule has 0 spiro atoms. The van der Waals surface area contributed by atoms with E-state index in [-0.39, 0.29) is 0 Å². The van der Waals surface area contributed by atoms with Crippen LogP contribution in [0.15, 0.2) is 36.5 Å². The SMILES string of the molecule is CCCCC(CC)NCc1ccc2[nH]c(-c3ccnc4[nH]c(C)nc34)cc2c1. The molecule has 0 aliphatic rings. The van der Waals surface area contributed by atoms with Gasteiger partial charge in [0, 0.05) is 40.9 Å². The molecule has 5 nitrogen and oxygen atoms in total. The van der Waals surface area contributed by atoms with Crippen molar-refractivity contribution in [2.75, 3.05) is 0 Å². The highest BCUT2D eigenvalue weighted by molar-refractivity contribution is 5.94. The van der Waals surface area contributed by atoms with Crippen LogP contribution in [0.1, 0.15) is 50.9 Å². The van der Waals surface area contributed by atoms with Crippen molar-refractivity contribution in [2.45, 2.75) is 59.0 Å². The predicted octanol–water partition coefficient (Wildman–Crippen LogP) is 5.47. The number of imidazole rings is 1. The normalized spacial score (nSPS) is 12.8. The minimum absolute atomic E-state index is 0.602. The fourth-order valence-electron chi connectivity index (χ4n) is 3.84. The van der Waals surface area contributed by atoms with Gasteiger partial charge in [0.15, 0.2) is 5.65 Å². The number of unbranched alkanes of at least 4 members (excludes halogenated alkanes) is 1. The lowest BCUT2D eigenvalue weighted by Gasteiger charge is -2.16. The van der Waals surface area contributed by atoms with Gasteiger partial charge in [0.05, 0.1) is 0 Å². The van der Waals surface area contributed by atoms with Crippen molar-refractivity contribution < 1.29 is 0 Å². The lowest BCUT2D eigenvalue weighted by atomic mass is 10.1. The molecule has 0 fully saturated rings. The summed E-state index contributed by atoms with van der Waals surface area (Å²) in [5.74, 6) is 0.882. The Morgan fingerprint density at radius 1 is 1.11 bits per heavy atom. The van der Waals surface area contributed by atoms with Gasteiger partial charge in [-0.05, 0) is 49.6 Å². The van der Waals surface area contributed by atoms with E-state index < -0.39 is 0 Å². The monoisotopic (exact) mass is 375 g/mol. The summed E-state index contributed by atoms with van der Waals surface area (Å²) in [5.41, 5.74) is 6.37. The molecule has 1 aromatic carbocycles. The number of nitrogens with one attached hydrogen (secondary N) is 3. The second-order valence-electron chi connectivity index (χ2n) is 7.61. The van der Waals surface area contributed by atoms with Crippen molar-refractivity contribution in [1.29, 1.82) is 0 Å². The van der Waals surface area contributed by atoms with Gasteiger partial charge < -0.3 is 15.3 Å². The number of aromatic nitrogens is 4. The smallest absolute Gasteiger partial charge is 0.158 e. The van der Waals surface area contributed by atoms with E-state index in [1.165, 1.54) is 36.6 Å². The van der Waals surface area contributed by atoms with E-state index in [1.807, 2.05) is 19.2 Å². The van der Waals surface area contributed by atoms with Crippen LogP contribution in [-0.4, -0.2) is 26.0 Å². The summed E-state index contributed by atoms with van der Waals surface area (Å²) in [5, 5.41) is 4.95. The van der Waals surface area contributed by atoms with Gasteiger partial charge >= 0.3 is 0 Å². The molecule has 1 atom stereocenters. The molecule has 1 unspecified atom stereocenters. The molecule has 0 aliphatic heterocycles. The molecule has 3 aromatic heterocycles. The number of hydrogen-bond acceptors (Lipinski definition) is 3. The van der Waals surface area contributed by atoms with E-state index >= 15 is 0 Å².